The summed E-state index contributed by atoms with van der Waals surface area (Å²) in [5.74, 6) is 2.16. The van der Waals surface area contributed by atoms with Gasteiger partial charge in [0.05, 0.1) is 19.8 Å². The molecule has 4 aromatic rings. The van der Waals surface area contributed by atoms with Crippen molar-refractivity contribution in [3.05, 3.63) is 52.8 Å². The number of benzene rings is 2. The predicted octanol–water partition coefficient (Wildman–Crippen LogP) is 4.83. The second-order valence-electron chi connectivity index (χ2n) is 6.02. The van der Waals surface area contributed by atoms with Gasteiger partial charge in [0.25, 0.3) is 0 Å². The van der Waals surface area contributed by atoms with Gasteiger partial charge in [-0.05, 0) is 30.3 Å². The first-order valence-corrected chi connectivity index (χ1v) is 9.95. The van der Waals surface area contributed by atoms with E-state index in [0.717, 1.165) is 33.9 Å². The third kappa shape index (κ3) is 3.25. The van der Waals surface area contributed by atoms with Gasteiger partial charge in [-0.2, -0.15) is 19.6 Å². The van der Waals surface area contributed by atoms with E-state index in [1.54, 1.807) is 18.7 Å². The molecule has 0 aliphatic heterocycles. The molecule has 2 aromatic heterocycles. The zero-order chi connectivity index (χ0) is 19.7. The monoisotopic (exact) mass is 410 g/mol. The van der Waals surface area contributed by atoms with E-state index in [0.29, 0.717) is 21.3 Å². The largest absolute Gasteiger partial charge is 0.496 e. The van der Waals surface area contributed by atoms with Crippen molar-refractivity contribution in [1.29, 1.82) is 0 Å². The molecule has 0 aliphatic rings. The number of methoxy groups -OCH3 is 2. The van der Waals surface area contributed by atoms with Gasteiger partial charge in [-0.1, -0.05) is 48.6 Å². The Morgan fingerprint density at radius 2 is 1.79 bits per heavy atom. The first-order chi connectivity index (χ1) is 13.6. The quantitative estimate of drug-likeness (QED) is 0.439. The van der Waals surface area contributed by atoms with Crippen molar-refractivity contribution in [2.75, 3.05) is 14.2 Å². The number of hydrogen-bond donors (Lipinski definition) is 0. The standard InChI is InChI=1S/C20H18N4O2S2/c1-4-12-10-14(16(26-3)11-15(12)25-2)18-23-24-17(13-8-6-5-7-9-13)21-19(27)22-20(24)28-18/h5-11H,4H2,1-3H3. The van der Waals surface area contributed by atoms with Gasteiger partial charge < -0.3 is 9.47 Å². The van der Waals surface area contributed by atoms with Crippen LogP contribution in [0, 0.1) is 4.77 Å². The summed E-state index contributed by atoms with van der Waals surface area (Å²) < 4.78 is 13.1. The van der Waals surface area contributed by atoms with Crippen LogP contribution in [0.1, 0.15) is 12.5 Å². The number of fused-ring (bicyclic) bond motifs is 1. The Morgan fingerprint density at radius 1 is 1.04 bits per heavy atom. The molecule has 28 heavy (non-hydrogen) atoms. The van der Waals surface area contributed by atoms with Crippen molar-refractivity contribution in [2.45, 2.75) is 13.3 Å². The zero-order valence-corrected chi connectivity index (χ0v) is 17.3. The Hall–Kier alpha value is -2.84. The van der Waals surface area contributed by atoms with Gasteiger partial charge in [-0.15, -0.1) is 0 Å². The fourth-order valence-electron chi connectivity index (χ4n) is 3.03. The van der Waals surface area contributed by atoms with Crippen molar-refractivity contribution in [2.24, 2.45) is 0 Å². The third-order valence-corrected chi connectivity index (χ3v) is 5.52. The second kappa shape index (κ2) is 7.65. The van der Waals surface area contributed by atoms with E-state index in [1.807, 2.05) is 36.4 Å². The lowest BCUT2D eigenvalue weighted by atomic mass is 10.1. The summed E-state index contributed by atoms with van der Waals surface area (Å²) in [5, 5.41) is 5.56. The van der Waals surface area contributed by atoms with Crippen LogP contribution < -0.4 is 9.47 Å². The molecule has 0 spiro atoms. The lowest BCUT2D eigenvalue weighted by molar-refractivity contribution is 0.392. The molecule has 0 aliphatic carbocycles. The van der Waals surface area contributed by atoms with Crippen LogP contribution in [0.5, 0.6) is 11.5 Å². The van der Waals surface area contributed by atoms with E-state index in [-0.39, 0.29) is 0 Å². The maximum Gasteiger partial charge on any atom is 0.223 e. The average molecular weight is 411 g/mol. The molecule has 2 heterocycles. The molecule has 2 aromatic carbocycles. The molecule has 0 saturated heterocycles. The molecule has 4 rings (SSSR count). The van der Waals surface area contributed by atoms with Gasteiger partial charge in [-0.25, -0.2) is 0 Å². The Bertz CT molecular complexity index is 1200. The van der Waals surface area contributed by atoms with Crippen LogP contribution in [0.25, 0.3) is 26.9 Å². The highest BCUT2D eigenvalue weighted by atomic mass is 32.1. The minimum Gasteiger partial charge on any atom is -0.496 e. The van der Waals surface area contributed by atoms with Gasteiger partial charge >= 0.3 is 0 Å². The summed E-state index contributed by atoms with van der Waals surface area (Å²) in [4.78, 5) is 9.52. The molecule has 6 nitrogen and oxygen atoms in total. The molecule has 0 N–H and O–H groups in total. The Kier molecular flexibility index (Phi) is 5.06. The topological polar surface area (TPSA) is 61.5 Å². The maximum absolute atomic E-state index is 5.60. The van der Waals surface area contributed by atoms with Crippen LogP contribution in [0.2, 0.25) is 0 Å². The number of ether oxygens (including phenoxy) is 2. The Labute approximate surface area is 171 Å². The van der Waals surface area contributed by atoms with E-state index in [2.05, 4.69) is 23.0 Å². The van der Waals surface area contributed by atoms with Crippen molar-refractivity contribution in [1.82, 2.24) is 19.6 Å². The normalized spacial score (nSPS) is 11.0. The van der Waals surface area contributed by atoms with E-state index in [1.165, 1.54) is 11.3 Å². The summed E-state index contributed by atoms with van der Waals surface area (Å²) in [7, 11) is 3.30. The van der Waals surface area contributed by atoms with Gasteiger partial charge in [-0.3, -0.25) is 0 Å². The maximum atomic E-state index is 5.60. The average Bonchev–Trinajstić information content (AvgIpc) is 3.16. The Morgan fingerprint density at radius 3 is 2.46 bits per heavy atom. The lowest BCUT2D eigenvalue weighted by Crippen LogP contribution is -2.00. The van der Waals surface area contributed by atoms with Crippen LogP contribution in [0.15, 0.2) is 42.5 Å². The zero-order valence-electron chi connectivity index (χ0n) is 15.7. The predicted molar refractivity (Wildman–Crippen MR) is 113 cm³/mol. The molecule has 0 saturated carbocycles. The third-order valence-electron chi connectivity index (χ3n) is 4.40. The molecular weight excluding hydrogens is 392 g/mol. The molecule has 8 heteroatoms. The number of aryl methyl sites for hydroxylation is 1. The van der Waals surface area contributed by atoms with E-state index >= 15 is 0 Å². The molecule has 0 bridgehead atoms. The van der Waals surface area contributed by atoms with E-state index in [4.69, 9.17) is 26.8 Å². The van der Waals surface area contributed by atoms with Crippen LogP contribution in [-0.4, -0.2) is 33.8 Å². The summed E-state index contributed by atoms with van der Waals surface area (Å²) in [6, 6.07) is 13.8. The van der Waals surface area contributed by atoms with Crippen molar-refractivity contribution < 1.29 is 9.47 Å². The molecular formula is C20H18N4O2S2. The number of rotatable bonds is 5. The summed E-state index contributed by atoms with van der Waals surface area (Å²) in [5.41, 5.74) is 2.90. The minimum absolute atomic E-state index is 0.296. The Balaban J connectivity index is 1.96. The van der Waals surface area contributed by atoms with Gasteiger partial charge in [0.2, 0.25) is 9.73 Å². The van der Waals surface area contributed by atoms with E-state index in [9.17, 15) is 0 Å². The van der Waals surface area contributed by atoms with Crippen LogP contribution in [0.3, 0.4) is 0 Å². The summed E-state index contributed by atoms with van der Waals surface area (Å²) in [6.45, 7) is 2.09. The SMILES string of the molecule is CCc1cc(-c2nn3c(-c4ccccc4)nc(=S)nc3s2)c(OC)cc1OC. The van der Waals surface area contributed by atoms with Crippen molar-refractivity contribution in [3.8, 4) is 33.5 Å². The highest BCUT2D eigenvalue weighted by molar-refractivity contribution is 7.71. The number of nitrogens with zero attached hydrogens (tertiary/aromatic N) is 4. The molecule has 142 valence electrons. The second-order valence-corrected chi connectivity index (χ2v) is 7.34. The lowest BCUT2D eigenvalue weighted by Gasteiger charge is -2.12. The molecule has 0 atom stereocenters. The first-order valence-electron chi connectivity index (χ1n) is 8.73. The van der Waals surface area contributed by atoms with Crippen LogP contribution in [-0.2, 0) is 6.42 Å². The fraction of sp³-hybridized carbons (Fsp3) is 0.200. The molecule has 0 unspecified atom stereocenters. The molecule has 0 amide bonds. The highest BCUT2D eigenvalue weighted by Crippen LogP contribution is 2.38. The first kappa shape index (κ1) is 18.5. The summed E-state index contributed by atoms with van der Waals surface area (Å²) in [6.07, 6.45) is 0.837. The van der Waals surface area contributed by atoms with Gasteiger partial charge in [0.15, 0.2) is 10.8 Å². The van der Waals surface area contributed by atoms with E-state index < -0.39 is 0 Å². The molecule has 0 radical (unpaired) electrons. The van der Waals surface area contributed by atoms with Crippen LogP contribution in [0.4, 0.5) is 0 Å². The van der Waals surface area contributed by atoms with Crippen molar-refractivity contribution in [3.63, 3.8) is 0 Å². The fourth-order valence-corrected chi connectivity index (χ4v) is 4.17. The van der Waals surface area contributed by atoms with Crippen LogP contribution >= 0.6 is 23.6 Å². The minimum atomic E-state index is 0.296. The highest BCUT2D eigenvalue weighted by Gasteiger charge is 2.18. The summed E-state index contributed by atoms with van der Waals surface area (Å²) >= 11 is 6.72. The smallest absolute Gasteiger partial charge is 0.223 e. The molecule has 0 fully saturated rings. The van der Waals surface area contributed by atoms with Gasteiger partial charge in [0.1, 0.15) is 11.5 Å². The number of hydrogen-bond acceptors (Lipinski definition) is 7. The van der Waals surface area contributed by atoms with Crippen molar-refractivity contribution >= 4 is 28.5 Å². The van der Waals surface area contributed by atoms with Gasteiger partial charge in [0, 0.05) is 11.6 Å². The number of aromatic nitrogens is 4.